The molecule has 0 aliphatic rings. The van der Waals surface area contributed by atoms with E-state index >= 15 is 0 Å². The molecular formula is C7H10N2. The molecule has 0 aliphatic heterocycles. The van der Waals surface area contributed by atoms with Crippen molar-refractivity contribution in [3.63, 3.8) is 0 Å². The highest BCUT2D eigenvalue weighted by atomic mass is 15.1. The van der Waals surface area contributed by atoms with Gasteiger partial charge in [-0.1, -0.05) is 6.08 Å². The van der Waals surface area contributed by atoms with Crippen molar-refractivity contribution in [2.24, 2.45) is 0 Å². The van der Waals surface area contributed by atoms with Crippen LogP contribution in [0.15, 0.2) is 37.2 Å². The summed E-state index contributed by atoms with van der Waals surface area (Å²) in [6, 6.07) is 3.65. The van der Waals surface area contributed by atoms with Crippen LogP contribution in [0.3, 0.4) is 0 Å². The molecule has 0 bridgehead atoms. The second-order valence-electron chi connectivity index (χ2n) is 1.32. The number of hydrogen-bond donors (Lipinski definition) is 0. The Bertz CT molecular complexity index is 110. The zero-order valence-electron chi connectivity index (χ0n) is 5.49. The molecule has 0 unspecified atom stereocenters. The molecule has 0 aromatic carbocycles. The Morgan fingerprint density at radius 3 is 1.67 bits per heavy atom. The molecule has 0 saturated heterocycles. The summed E-state index contributed by atoms with van der Waals surface area (Å²) in [6.45, 7) is 5.25. The zero-order valence-corrected chi connectivity index (χ0v) is 5.49. The maximum atomic E-state index is 3.53. The fourth-order valence-electron chi connectivity index (χ4n) is 0.253. The van der Waals surface area contributed by atoms with Crippen molar-refractivity contribution < 1.29 is 0 Å². The molecule has 1 aromatic rings. The van der Waals surface area contributed by atoms with Crippen molar-refractivity contribution in [2.45, 2.75) is 6.92 Å². The molecule has 0 saturated carbocycles. The molecule has 0 aliphatic carbocycles. The van der Waals surface area contributed by atoms with Gasteiger partial charge in [0.1, 0.15) is 0 Å². The summed E-state index contributed by atoms with van der Waals surface area (Å²) < 4.78 is 0. The smallest absolute Gasteiger partial charge is 0.0496 e. The molecule has 1 heterocycles. The zero-order chi connectivity index (χ0) is 6.95. The number of allylic oxidation sites excluding steroid dienone is 1. The highest BCUT2D eigenvalue weighted by Gasteiger charge is 1.59. The van der Waals surface area contributed by atoms with Crippen molar-refractivity contribution in [1.29, 1.82) is 0 Å². The van der Waals surface area contributed by atoms with Crippen LogP contribution in [0.4, 0.5) is 0 Å². The summed E-state index contributed by atoms with van der Waals surface area (Å²) in [5.41, 5.74) is 0. The van der Waals surface area contributed by atoms with Gasteiger partial charge in [-0.3, -0.25) is 0 Å². The van der Waals surface area contributed by atoms with Crippen LogP contribution < -0.4 is 0 Å². The van der Waals surface area contributed by atoms with Crippen LogP contribution in [0.2, 0.25) is 0 Å². The Kier molecular flexibility index (Phi) is 5.93. The van der Waals surface area contributed by atoms with Gasteiger partial charge in [-0.2, -0.15) is 10.2 Å². The van der Waals surface area contributed by atoms with E-state index in [4.69, 9.17) is 0 Å². The average Bonchev–Trinajstić information content (AvgIpc) is 1.93. The van der Waals surface area contributed by atoms with Crippen molar-refractivity contribution in [1.82, 2.24) is 10.2 Å². The maximum Gasteiger partial charge on any atom is 0.0496 e. The molecule has 1 rings (SSSR count). The summed E-state index contributed by atoms with van der Waals surface area (Å²) in [5.74, 6) is 0. The maximum absolute atomic E-state index is 3.53. The van der Waals surface area contributed by atoms with E-state index in [1.807, 2.05) is 19.1 Å². The first-order valence-corrected chi connectivity index (χ1v) is 2.70. The highest BCUT2D eigenvalue weighted by Crippen LogP contribution is 1.68. The molecule has 2 nitrogen and oxygen atoms in total. The Morgan fingerprint density at radius 2 is 1.56 bits per heavy atom. The fraction of sp³-hybridized carbons (Fsp3) is 0.143. The third kappa shape index (κ3) is 6.82. The number of rotatable bonds is 0. The lowest BCUT2D eigenvalue weighted by molar-refractivity contribution is 1.03. The molecule has 48 valence electrons. The molecule has 9 heavy (non-hydrogen) atoms. The molecule has 2 heteroatoms. The van der Waals surface area contributed by atoms with Crippen molar-refractivity contribution in [2.75, 3.05) is 0 Å². The minimum atomic E-state index is 1.64. The van der Waals surface area contributed by atoms with Gasteiger partial charge in [0.15, 0.2) is 0 Å². The predicted molar refractivity (Wildman–Crippen MR) is 37.9 cm³/mol. The van der Waals surface area contributed by atoms with E-state index in [2.05, 4.69) is 16.8 Å². The van der Waals surface area contributed by atoms with E-state index in [0.29, 0.717) is 0 Å². The van der Waals surface area contributed by atoms with E-state index < -0.39 is 0 Å². The minimum Gasteiger partial charge on any atom is -0.159 e. The van der Waals surface area contributed by atoms with Gasteiger partial charge in [0.25, 0.3) is 0 Å². The van der Waals surface area contributed by atoms with Gasteiger partial charge in [0.2, 0.25) is 0 Å². The highest BCUT2D eigenvalue weighted by molar-refractivity contribution is 4.79. The number of nitrogens with zero attached hydrogens (tertiary/aromatic N) is 2. The summed E-state index contributed by atoms with van der Waals surface area (Å²) in [4.78, 5) is 0. The SMILES string of the molecule is C=CC.c1ccnnc1. The van der Waals surface area contributed by atoms with Crippen molar-refractivity contribution in [3.05, 3.63) is 37.2 Å². The molecule has 0 N–H and O–H groups in total. The van der Waals surface area contributed by atoms with Gasteiger partial charge in [0.05, 0.1) is 0 Å². The quantitative estimate of drug-likeness (QED) is 0.489. The monoisotopic (exact) mass is 122 g/mol. The summed E-state index contributed by atoms with van der Waals surface area (Å²) >= 11 is 0. The van der Waals surface area contributed by atoms with Gasteiger partial charge in [-0.05, 0) is 19.1 Å². The van der Waals surface area contributed by atoms with Crippen LogP contribution in [-0.2, 0) is 0 Å². The molecule has 0 spiro atoms. The molecule has 0 fully saturated rings. The lowest BCUT2D eigenvalue weighted by Crippen LogP contribution is -1.69. The summed E-state index contributed by atoms with van der Waals surface area (Å²) in [6.07, 6.45) is 5.03. The van der Waals surface area contributed by atoms with E-state index in [9.17, 15) is 0 Å². The van der Waals surface area contributed by atoms with Gasteiger partial charge >= 0.3 is 0 Å². The van der Waals surface area contributed by atoms with Gasteiger partial charge < -0.3 is 0 Å². The third-order valence-corrected chi connectivity index (χ3v) is 0.483. The van der Waals surface area contributed by atoms with Gasteiger partial charge in [0, 0.05) is 12.4 Å². The normalized spacial score (nSPS) is 6.78. The molecule has 1 aromatic heterocycles. The van der Waals surface area contributed by atoms with Crippen LogP contribution in [-0.4, -0.2) is 10.2 Å². The van der Waals surface area contributed by atoms with Crippen molar-refractivity contribution in [3.8, 4) is 0 Å². The first-order valence-electron chi connectivity index (χ1n) is 2.70. The molecule has 0 radical (unpaired) electrons. The largest absolute Gasteiger partial charge is 0.159 e. The van der Waals surface area contributed by atoms with Crippen LogP contribution in [0.25, 0.3) is 0 Å². The molecular weight excluding hydrogens is 112 g/mol. The van der Waals surface area contributed by atoms with Crippen LogP contribution >= 0.6 is 0 Å². The fourth-order valence-corrected chi connectivity index (χ4v) is 0.253. The third-order valence-electron chi connectivity index (χ3n) is 0.483. The number of aromatic nitrogens is 2. The summed E-state index contributed by atoms with van der Waals surface area (Å²) in [5, 5.41) is 7.07. The van der Waals surface area contributed by atoms with E-state index in [-0.39, 0.29) is 0 Å². The predicted octanol–water partition coefficient (Wildman–Crippen LogP) is 1.67. The van der Waals surface area contributed by atoms with Gasteiger partial charge in [-0.15, -0.1) is 6.58 Å². The first kappa shape index (κ1) is 7.82. The number of hydrogen-bond acceptors (Lipinski definition) is 2. The second-order valence-corrected chi connectivity index (χ2v) is 1.32. The van der Waals surface area contributed by atoms with Crippen LogP contribution in [0.5, 0.6) is 0 Å². The first-order chi connectivity index (χ1) is 4.41. The Hall–Kier alpha value is -1.18. The standard InChI is InChI=1S/C4H4N2.C3H6/c1-2-4-6-5-3-1;1-3-2/h1-4H;3H,1H2,2H3. The lowest BCUT2D eigenvalue weighted by Gasteiger charge is -1.69. The Labute approximate surface area is 55.3 Å². The second kappa shape index (κ2) is 6.82. The van der Waals surface area contributed by atoms with Crippen LogP contribution in [0.1, 0.15) is 6.92 Å². The Balaban J connectivity index is 0.000000187. The lowest BCUT2D eigenvalue weighted by atomic mass is 10.6. The van der Waals surface area contributed by atoms with Crippen molar-refractivity contribution >= 4 is 0 Å². The minimum absolute atomic E-state index is 1.64. The summed E-state index contributed by atoms with van der Waals surface area (Å²) in [7, 11) is 0. The Morgan fingerprint density at radius 1 is 1.22 bits per heavy atom. The van der Waals surface area contributed by atoms with E-state index in [1.54, 1.807) is 18.5 Å². The van der Waals surface area contributed by atoms with E-state index in [1.165, 1.54) is 0 Å². The molecule has 0 atom stereocenters. The average molecular weight is 122 g/mol. The van der Waals surface area contributed by atoms with Crippen LogP contribution in [0, 0.1) is 0 Å². The van der Waals surface area contributed by atoms with Gasteiger partial charge in [-0.25, -0.2) is 0 Å². The van der Waals surface area contributed by atoms with E-state index in [0.717, 1.165) is 0 Å². The molecule has 0 amide bonds. The topological polar surface area (TPSA) is 25.8 Å².